The molecule has 0 spiro atoms. The van der Waals surface area contributed by atoms with Crippen LogP contribution in [0.2, 0.25) is 0 Å². The van der Waals surface area contributed by atoms with E-state index in [1.807, 2.05) is 0 Å². The van der Waals surface area contributed by atoms with Crippen molar-refractivity contribution >= 4 is 17.4 Å². The summed E-state index contributed by atoms with van der Waals surface area (Å²) in [4.78, 5) is 0. The molecule has 0 saturated carbocycles. The van der Waals surface area contributed by atoms with Crippen molar-refractivity contribution < 1.29 is 25.5 Å². The van der Waals surface area contributed by atoms with Gasteiger partial charge in [0.25, 0.3) is 0 Å². The summed E-state index contributed by atoms with van der Waals surface area (Å²) in [5.74, 6) is 0. The van der Waals surface area contributed by atoms with Crippen LogP contribution in [0.15, 0.2) is 0 Å². The maximum absolute atomic E-state index is 8.12. The van der Waals surface area contributed by atoms with E-state index in [1.54, 1.807) is 0 Å². The summed E-state index contributed by atoms with van der Waals surface area (Å²) in [7, 11) is 0. The SMILES string of the molecule is O.[AlH3].[O]=[Cr]. The van der Waals surface area contributed by atoms with Gasteiger partial charge in [0.1, 0.15) is 0 Å². The normalized spacial score (nSPS) is 1.00. The molecule has 0 unspecified atom stereocenters. The average molecular weight is 116 g/mol. The summed E-state index contributed by atoms with van der Waals surface area (Å²) in [5, 5.41) is 0. The Kier molecular flexibility index (Phi) is 238. The van der Waals surface area contributed by atoms with Gasteiger partial charge < -0.3 is 5.48 Å². The van der Waals surface area contributed by atoms with Crippen molar-refractivity contribution in [3.63, 3.8) is 0 Å². The summed E-state index contributed by atoms with van der Waals surface area (Å²) in [5.41, 5.74) is 0. The van der Waals surface area contributed by atoms with Crippen molar-refractivity contribution in [2.75, 3.05) is 0 Å². The Morgan fingerprint density at radius 3 is 1.25 bits per heavy atom. The van der Waals surface area contributed by atoms with Gasteiger partial charge in [-0.1, -0.05) is 0 Å². The Bertz CT molecular complexity index is 6.00. The second-order valence-electron chi connectivity index (χ2n) is 0. The molecule has 4 heavy (non-hydrogen) atoms. The van der Waals surface area contributed by atoms with Gasteiger partial charge in [0, 0.05) is 0 Å². The summed E-state index contributed by atoms with van der Waals surface area (Å²) < 4.78 is 8.12. The van der Waals surface area contributed by atoms with E-state index in [-0.39, 0.29) is 22.8 Å². The Morgan fingerprint density at radius 2 is 1.25 bits per heavy atom. The van der Waals surface area contributed by atoms with Crippen molar-refractivity contribution in [1.82, 2.24) is 0 Å². The van der Waals surface area contributed by atoms with E-state index < -0.39 is 0 Å². The molecule has 0 aromatic carbocycles. The molecule has 0 atom stereocenters. The third kappa shape index (κ3) is 13.8. The van der Waals surface area contributed by atoms with Gasteiger partial charge in [0.2, 0.25) is 0 Å². The first-order valence-corrected chi connectivity index (χ1v) is 0.687. The second-order valence-corrected chi connectivity index (χ2v) is 0. The van der Waals surface area contributed by atoms with E-state index in [0.717, 1.165) is 0 Å². The van der Waals surface area contributed by atoms with Crippen LogP contribution in [0.1, 0.15) is 0 Å². The molecule has 0 rings (SSSR count). The van der Waals surface area contributed by atoms with E-state index in [0.29, 0.717) is 0 Å². The quantitative estimate of drug-likeness (QED) is 0.333. The van der Waals surface area contributed by atoms with Crippen molar-refractivity contribution in [2.45, 2.75) is 0 Å². The molecule has 26 valence electrons. The van der Waals surface area contributed by atoms with Gasteiger partial charge in [0.15, 0.2) is 17.4 Å². The molecule has 0 aromatic rings. The van der Waals surface area contributed by atoms with Crippen LogP contribution in [0.4, 0.5) is 0 Å². The van der Waals surface area contributed by atoms with E-state index in [4.69, 9.17) is 3.80 Å². The Hall–Kier alpha value is 0.825. The third-order valence-corrected chi connectivity index (χ3v) is 0. The van der Waals surface area contributed by atoms with Crippen molar-refractivity contribution in [2.24, 2.45) is 0 Å². The number of hydrogen-bond donors (Lipinski definition) is 0. The first kappa shape index (κ1) is 21.2. The summed E-state index contributed by atoms with van der Waals surface area (Å²) in [6, 6.07) is 0. The summed E-state index contributed by atoms with van der Waals surface area (Å²) >= 11 is 1.38. The second kappa shape index (κ2) is 44.9. The monoisotopic (exact) mass is 116 g/mol. The van der Waals surface area contributed by atoms with Crippen LogP contribution in [-0.2, 0) is 20.0 Å². The van der Waals surface area contributed by atoms with Gasteiger partial charge in [-0.2, -0.15) is 0 Å². The Labute approximate surface area is 43.3 Å². The topological polar surface area (TPSA) is 48.6 Å². The Balaban J connectivity index is -0.00000000500. The minimum atomic E-state index is 0. The predicted octanol–water partition coefficient (Wildman–Crippen LogP) is -2.13. The molecule has 0 heterocycles. The zero-order valence-electron chi connectivity index (χ0n) is 1.32. The molecule has 0 aliphatic rings. The van der Waals surface area contributed by atoms with Crippen LogP contribution >= 0.6 is 0 Å². The fourth-order valence-electron chi connectivity index (χ4n) is 0. The van der Waals surface area contributed by atoms with Crippen LogP contribution in [0, 0.1) is 0 Å². The van der Waals surface area contributed by atoms with Gasteiger partial charge in [-0.25, -0.2) is 0 Å². The summed E-state index contributed by atoms with van der Waals surface area (Å²) in [6.45, 7) is 0. The average Bonchev–Trinajstić information content (AvgIpc) is 1.00. The zero-order chi connectivity index (χ0) is 2.00. The first-order chi connectivity index (χ1) is 1.00. The van der Waals surface area contributed by atoms with Crippen LogP contribution in [0.5, 0.6) is 0 Å². The number of rotatable bonds is 0. The fourth-order valence-corrected chi connectivity index (χ4v) is 0. The van der Waals surface area contributed by atoms with Crippen LogP contribution in [-0.4, -0.2) is 22.8 Å². The number of hydrogen-bond acceptors (Lipinski definition) is 1. The van der Waals surface area contributed by atoms with Crippen LogP contribution < -0.4 is 0 Å². The van der Waals surface area contributed by atoms with Crippen molar-refractivity contribution in [1.29, 1.82) is 0 Å². The molecule has 0 aliphatic heterocycles. The molecule has 0 saturated heterocycles. The molecule has 0 bridgehead atoms. The van der Waals surface area contributed by atoms with E-state index >= 15 is 0 Å². The Morgan fingerprint density at radius 1 is 1.25 bits per heavy atom. The van der Waals surface area contributed by atoms with Crippen molar-refractivity contribution in [3.8, 4) is 0 Å². The molecule has 0 aliphatic carbocycles. The summed E-state index contributed by atoms with van der Waals surface area (Å²) in [6.07, 6.45) is 0. The van der Waals surface area contributed by atoms with E-state index in [9.17, 15) is 0 Å². The standard InChI is InChI=1S/Al.Cr.H2O.O.3H/h;;1H2;;;;. The molecule has 0 aromatic heterocycles. The van der Waals surface area contributed by atoms with Gasteiger partial charge in [-0.3, -0.25) is 0 Å². The molecule has 2 N–H and O–H groups in total. The molecule has 4 heteroatoms. The van der Waals surface area contributed by atoms with E-state index in [1.165, 1.54) is 16.2 Å². The third-order valence-electron chi connectivity index (χ3n) is 0. The van der Waals surface area contributed by atoms with E-state index in [2.05, 4.69) is 0 Å². The first-order valence-electron chi connectivity index (χ1n) is 0.167. The molecule has 2 nitrogen and oxygen atoms in total. The molecule has 0 radical (unpaired) electrons. The van der Waals surface area contributed by atoms with Gasteiger partial charge in [0.05, 0.1) is 0 Å². The van der Waals surface area contributed by atoms with Gasteiger partial charge >= 0.3 is 20.0 Å². The molecular formula is H5AlCrO2. The minimum absolute atomic E-state index is 0. The molecule has 0 amide bonds. The molecule has 0 fully saturated rings. The van der Waals surface area contributed by atoms with Gasteiger partial charge in [-0.15, -0.1) is 0 Å². The molecular weight excluding hydrogens is 111 g/mol. The van der Waals surface area contributed by atoms with Crippen molar-refractivity contribution in [3.05, 3.63) is 0 Å². The maximum atomic E-state index is 8.12. The fraction of sp³-hybridized carbons (Fsp3) is 0. The van der Waals surface area contributed by atoms with Crippen LogP contribution in [0.25, 0.3) is 0 Å². The van der Waals surface area contributed by atoms with Gasteiger partial charge in [-0.05, 0) is 0 Å². The zero-order valence-corrected chi connectivity index (χ0v) is 2.59. The predicted molar refractivity (Wildman–Crippen MR) is 14.2 cm³/mol. The van der Waals surface area contributed by atoms with Crippen LogP contribution in [0.3, 0.4) is 0 Å².